The van der Waals surface area contributed by atoms with E-state index in [1.54, 1.807) is 32.2 Å². The third-order valence-corrected chi connectivity index (χ3v) is 3.75. The molecule has 0 aliphatic rings. The summed E-state index contributed by atoms with van der Waals surface area (Å²) >= 11 is 15.4. The van der Waals surface area contributed by atoms with Crippen molar-refractivity contribution in [3.05, 3.63) is 38.5 Å². The molecule has 2 aromatic rings. The van der Waals surface area contributed by atoms with Gasteiger partial charge in [0.25, 0.3) is 0 Å². The molecule has 0 fully saturated rings. The van der Waals surface area contributed by atoms with E-state index in [-0.39, 0.29) is 0 Å². The molecule has 19 heavy (non-hydrogen) atoms. The zero-order chi connectivity index (χ0) is 14.0. The Hall–Kier alpha value is -1.04. The summed E-state index contributed by atoms with van der Waals surface area (Å²) in [6.45, 7) is 1.78. The Morgan fingerprint density at radius 3 is 2.58 bits per heavy atom. The predicted octanol–water partition coefficient (Wildman–Crippen LogP) is 4.69. The fourth-order valence-electron chi connectivity index (χ4n) is 1.42. The normalized spacial score (nSPS) is 10.4. The number of rotatable bonds is 3. The van der Waals surface area contributed by atoms with Crippen LogP contribution >= 0.6 is 39.1 Å². The Labute approximate surface area is 129 Å². The molecule has 0 unspecified atom stereocenters. The molecule has 1 heterocycles. The molecular weight excluding hydrogens is 353 g/mol. The van der Waals surface area contributed by atoms with E-state index in [4.69, 9.17) is 27.9 Å². The molecular formula is C12H10BrCl2N3O. The maximum absolute atomic E-state index is 6.09. The molecule has 0 spiro atoms. The fourth-order valence-corrected chi connectivity index (χ4v) is 2.25. The molecule has 0 bridgehead atoms. The highest BCUT2D eigenvalue weighted by molar-refractivity contribution is 9.10. The highest BCUT2D eigenvalue weighted by Gasteiger charge is 2.10. The maximum atomic E-state index is 6.09. The summed E-state index contributed by atoms with van der Waals surface area (Å²) in [5, 5.41) is 3.89. The first-order valence-corrected chi connectivity index (χ1v) is 6.90. The van der Waals surface area contributed by atoms with Crippen LogP contribution in [-0.2, 0) is 0 Å². The van der Waals surface area contributed by atoms with Crippen LogP contribution in [0.3, 0.4) is 0 Å². The lowest BCUT2D eigenvalue weighted by molar-refractivity contribution is 0.460. The van der Waals surface area contributed by atoms with E-state index in [9.17, 15) is 0 Å². The number of halogens is 3. The Morgan fingerprint density at radius 1 is 1.16 bits per heavy atom. The zero-order valence-corrected chi connectivity index (χ0v) is 13.3. The first kappa shape index (κ1) is 14.4. The average molecular weight is 363 g/mol. The Morgan fingerprint density at radius 2 is 1.89 bits per heavy atom. The largest absolute Gasteiger partial charge is 0.437 e. The Balaban J connectivity index is 2.36. The van der Waals surface area contributed by atoms with Crippen molar-refractivity contribution in [2.45, 2.75) is 6.92 Å². The highest BCUT2D eigenvalue weighted by Crippen LogP contribution is 2.36. The van der Waals surface area contributed by atoms with Crippen LogP contribution in [0.4, 0.5) is 5.82 Å². The smallest absolute Gasteiger partial charge is 0.224 e. The van der Waals surface area contributed by atoms with Gasteiger partial charge in [-0.2, -0.15) is 4.98 Å². The topological polar surface area (TPSA) is 47.0 Å². The van der Waals surface area contributed by atoms with Gasteiger partial charge in [-0.3, -0.25) is 0 Å². The first-order valence-electron chi connectivity index (χ1n) is 5.35. The minimum Gasteiger partial charge on any atom is -0.437 e. The number of aromatic nitrogens is 2. The van der Waals surface area contributed by atoms with Crippen molar-refractivity contribution in [1.29, 1.82) is 0 Å². The van der Waals surface area contributed by atoms with E-state index < -0.39 is 0 Å². The predicted molar refractivity (Wildman–Crippen MR) is 80.6 cm³/mol. The lowest BCUT2D eigenvalue weighted by atomic mass is 10.3. The van der Waals surface area contributed by atoms with E-state index in [0.29, 0.717) is 37.8 Å². The van der Waals surface area contributed by atoms with Crippen LogP contribution in [0.25, 0.3) is 0 Å². The minimum atomic E-state index is 0.400. The second-order valence-electron chi connectivity index (χ2n) is 3.69. The maximum Gasteiger partial charge on any atom is 0.224 e. The van der Waals surface area contributed by atoms with Crippen LogP contribution in [0.5, 0.6) is 11.6 Å². The van der Waals surface area contributed by atoms with Gasteiger partial charge in [-0.25, -0.2) is 4.98 Å². The third-order valence-electron chi connectivity index (χ3n) is 2.26. The van der Waals surface area contributed by atoms with Crippen molar-refractivity contribution in [3.63, 3.8) is 0 Å². The summed E-state index contributed by atoms with van der Waals surface area (Å²) in [6, 6.07) is 4.98. The summed E-state index contributed by atoms with van der Waals surface area (Å²) in [5.74, 6) is 2.11. The van der Waals surface area contributed by atoms with E-state index in [1.165, 1.54) is 0 Å². The van der Waals surface area contributed by atoms with Crippen molar-refractivity contribution in [3.8, 4) is 11.6 Å². The van der Waals surface area contributed by atoms with Crippen molar-refractivity contribution < 1.29 is 4.74 Å². The molecule has 0 aliphatic heterocycles. The van der Waals surface area contributed by atoms with Crippen LogP contribution in [-0.4, -0.2) is 17.0 Å². The standard InChI is InChI=1S/C12H10BrCl2N3O/c1-6-17-11(16-2)5-12(18-6)19-10-4-8(14)7(13)3-9(10)15/h3-5H,1-2H3,(H,16,17,18). The molecule has 0 aliphatic carbocycles. The van der Waals surface area contributed by atoms with Crippen molar-refractivity contribution in [1.82, 2.24) is 9.97 Å². The molecule has 1 N–H and O–H groups in total. The van der Waals surface area contributed by atoms with Crippen LogP contribution < -0.4 is 10.1 Å². The van der Waals surface area contributed by atoms with Gasteiger partial charge in [0.05, 0.1) is 10.0 Å². The van der Waals surface area contributed by atoms with E-state index in [1.807, 2.05) is 0 Å². The van der Waals surface area contributed by atoms with Crippen LogP contribution in [0.15, 0.2) is 22.7 Å². The van der Waals surface area contributed by atoms with E-state index >= 15 is 0 Å². The van der Waals surface area contributed by atoms with Crippen molar-refractivity contribution in [2.24, 2.45) is 0 Å². The van der Waals surface area contributed by atoms with E-state index in [2.05, 4.69) is 31.2 Å². The van der Waals surface area contributed by atoms with Gasteiger partial charge in [-0.1, -0.05) is 23.2 Å². The first-order chi connectivity index (χ1) is 8.99. The SMILES string of the molecule is CNc1cc(Oc2cc(Cl)c(Br)cc2Cl)nc(C)n1. The van der Waals surface area contributed by atoms with Crippen LogP contribution in [0, 0.1) is 6.92 Å². The van der Waals surface area contributed by atoms with Crippen molar-refractivity contribution >= 4 is 44.9 Å². The molecule has 2 rings (SSSR count). The molecule has 1 aromatic heterocycles. The third kappa shape index (κ3) is 3.49. The summed E-state index contributed by atoms with van der Waals surface area (Å²) in [4.78, 5) is 8.36. The number of ether oxygens (including phenoxy) is 1. The lowest BCUT2D eigenvalue weighted by Gasteiger charge is -2.09. The summed E-state index contributed by atoms with van der Waals surface area (Å²) in [5.41, 5.74) is 0. The molecule has 100 valence electrons. The monoisotopic (exact) mass is 361 g/mol. The summed E-state index contributed by atoms with van der Waals surface area (Å²) in [7, 11) is 1.77. The highest BCUT2D eigenvalue weighted by atomic mass is 79.9. The number of aryl methyl sites for hydroxylation is 1. The number of anilines is 1. The number of hydrogen-bond acceptors (Lipinski definition) is 4. The second-order valence-corrected chi connectivity index (χ2v) is 5.36. The van der Waals surface area contributed by atoms with Crippen LogP contribution in [0.1, 0.15) is 5.82 Å². The molecule has 1 aromatic carbocycles. The van der Waals surface area contributed by atoms with Gasteiger partial charge in [-0.05, 0) is 28.9 Å². The molecule has 0 radical (unpaired) electrons. The number of nitrogens with zero attached hydrogens (tertiary/aromatic N) is 2. The van der Waals surface area contributed by atoms with Crippen LogP contribution in [0.2, 0.25) is 10.0 Å². The average Bonchev–Trinajstić information content (AvgIpc) is 2.35. The molecule has 7 heteroatoms. The second kappa shape index (κ2) is 5.94. The molecule has 0 amide bonds. The van der Waals surface area contributed by atoms with Gasteiger partial charge >= 0.3 is 0 Å². The van der Waals surface area contributed by atoms with E-state index in [0.717, 1.165) is 0 Å². The quantitative estimate of drug-likeness (QED) is 0.804. The van der Waals surface area contributed by atoms with Gasteiger partial charge in [0, 0.05) is 23.7 Å². The number of benzene rings is 1. The summed E-state index contributed by atoms with van der Waals surface area (Å²) in [6.07, 6.45) is 0. The Bertz CT molecular complexity index is 622. The van der Waals surface area contributed by atoms with Crippen molar-refractivity contribution in [2.75, 3.05) is 12.4 Å². The zero-order valence-electron chi connectivity index (χ0n) is 10.2. The van der Waals surface area contributed by atoms with Gasteiger partial charge in [0.1, 0.15) is 17.4 Å². The lowest BCUT2D eigenvalue weighted by Crippen LogP contribution is -1.98. The number of hydrogen-bond donors (Lipinski definition) is 1. The molecule has 0 atom stereocenters. The summed E-state index contributed by atoms with van der Waals surface area (Å²) < 4.78 is 6.35. The van der Waals surface area contributed by atoms with Gasteiger partial charge in [0.2, 0.25) is 5.88 Å². The Kier molecular flexibility index (Phi) is 4.50. The van der Waals surface area contributed by atoms with Gasteiger partial charge in [0.15, 0.2) is 0 Å². The molecule has 0 saturated heterocycles. The minimum absolute atomic E-state index is 0.400. The number of nitrogens with one attached hydrogen (secondary N) is 1. The molecule has 4 nitrogen and oxygen atoms in total. The van der Waals surface area contributed by atoms with Gasteiger partial charge in [-0.15, -0.1) is 0 Å². The van der Waals surface area contributed by atoms with Gasteiger partial charge < -0.3 is 10.1 Å². The molecule has 0 saturated carbocycles. The fraction of sp³-hybridized carbons (Fsp3) is 0.167.